The molecule has 0 unspecified atom stereocenters. The van der Waals surface area contributed by atoms with Crippen molar-refractivity contribution in [3.8, 4) is 0 Å². The molecule has 4 N–H and O–H groups in total. The van der Waals surface area contributed by atoms with Crippen molar-refractivity contribution >= 4 is 17.6 Å². The lowest BCUT2D eigenvalue weighted by molar-refractivity contribution is 0.148. The molecule has 0 bridgehead atoms. The van der Waals surface area contributed by atoms with Gasteiger partial charge < -0.3 is 25.9 Å². The van der Waals surface area contributed by atoms with Crippen molar-refractivity contribution in [3.63, 3.8) is 0 Å². The van der Waals surface area contributed by atoms with E-state index in [0.717, 1.165) is 5.56 Å². The first-order chi connectivity index (χ1) is 14.0. The molecular weight excluding hydrogens is 387 g/mol. The van der Waals surface area contributed by atoms with Gasteiger partial charge in [-0.15, -0.1) is 0 Å². The molecule has 1 aliphatic heterocycles. The summed E-state index contributed by atoms with van der Waals surface area (Å²) in [6.07, 6.45) is 0. The molecule has 30 heavy (non-hydrogen) atoms. The SMILES string of the molecule is CC(=N)c1c(NC(C)(C)C)nc(C2CN(C(=O)NCc3ccc(F)cc3)C2)[nH]c1=O. The van der Waals surface area contributed by atoms with E-state index in [9.17, 15) is 14.0 Å². The lowest BCUT2D eigenvalue weighted by Crippen LogP contribution is -2.53. The number of benzene rings is 1. The van der Waals surface area contributed by atoms with Crippen LogP contribution in [0.15, 0.2) is 29.1 Å². The Morgan fingerprint density at radius 3 is 2.50 bits per heavy atom. The van der Waals surface area contributed by atoms with Crippen LogP contribution >= 0.6 is 0 Å². The second kappa shape index (κ2) is 8.25. The van der Waals surface area contributed by atoms with Crippen molar-refractivity contribution < 1.29 is 9.18 Å². The van der Waals surface area contributed by atoms with Crippen LogP contribution in [0.25, 0.3) is 0 Å². The lowest BCUT2D eigenvalue weighted by atomic mass is 9.99. The highest BCUT2D eigenvalue weighted by Gasteiger charge is 2.34. The number of hydrogen-bond acceptors (Lipinski definition) is 5. The fraction of sp³-hybridized carbons (Fsp3) is 0.429. The van der Waals surface area contributed by atoms with E-state index in [-0.39, 0.29) is 40.1 Å². The maximum Gasteiger partial charge on any atom is 0.317 e. The van der Waals surface area contributed by atoms with E-state index in [1.54, 1.807) is 24.0 Å². The van der Waals surface area contributed by atoms with Crippen molar-refractivity contribution in [2.24, 2.45) is 0 Å². The van der Waals surface area contributed by atoms with Crippen LogP contribution < -0.4 is 16.2 Å². The van der Waals surface area contributed by atoms with Crippen LogP contribution in [0, 0.1) is 11.2 Å². The van der Waals surface area contributed by atoms with E-state index in [2.05, 4.69) is 20.6 Å². The third-order valence-corrected chi connectivity index (χ3v) is 4.72. The van der Waals surface area contributed by atoms with Crippen LogP contribution in [0.1, 0.15) is 50.6 Å². The summed E-state index contributed by atoms with van der Waals surface area (Å²) in [7, 11) is 0. The average Bonchev–Trinajstić information content (AvgIpc) is 2.57. The van der Waals surface area contributed by atoms with Gasteiger partial charge in [-0.25, -0.2) is 14.2 Å². The molecule has 3 rings (SSSR count). The van der Waals surface area contributed by atoms with Crippen LogP contribution in [-0.2, 0) is 6.54 Å². The minimum Gasteiger partial charge on any atom is -0.365 e. The van der Waals surface area contributed by atoms with Gasteiger partial charge in [-0.05, 0) is 45.4 Å². The van der Waals surface area contributed by atoms with Crippen LogP contribution in [0.4, 0.5) is 15.0 Å². The van der Waals surface area contributed by atoms with Crippen LogP contribution in [0.2, 0.25) is 0 Å². The number of aromatic nitrogens is 2. The van der Waals surface area contributed by atoms with Gasteiger partial charge in [0.25, 0.3) is 5.56 Å². The minimum absolute atomic E-state index is 0.0881. The van der Waals surface area contributed by atoms with Gasteiger partial charge in [-0.2, -0.15) is 0 Å². The molecule has 0 atom stereocenters. The Kier molecular flexibility index (Phi) is 5.91. The van der Waals surface area contributed by atoms with Crippen molar-refractivity contribution in [1.29, 1.82) is 5.41 Å². The van der Waals surface area contributed by atoms with Crippen molar-refractivity contribution in [2.45, 2.75) is 45.7 Å². The number of urea groups is 1. The number of halogens is 1. The van der Waals surface area contributed by atoms with Gasteiger partial charge in [-0.1, -0.05) is 12.1 Å². The molecule has 160 valence electrons. The summed E-state index contributed by atoms with van der Waals surface area (Å²) < 4.78 is 13.0. The topological polar surface area (TPSA) is 114 Å². The lowest BCUT2D eigenvalue weighted by Gasteiger charge is -2.38. The number of rotatable bonds is 5. The van der Waals surface area contributed by atoms with Gasteiger partial charge in [0.2, 0.25) is 0 Å². The number of nitrogens with one attached hydrogen (secondary N) is 4. The summed E-state index contributed by atoms with van der Waals surface area (Å²) in [5.74, 6) is 0.476. The zero-order valence-corrected chi connectivity index (χ0v) is 17.6. The Hall–Kier alpha value is -3.23. The predicted molar refractivity (Wildman–Crippen MR) is 114 cm³/mol. The number of aromatic amines is 1. The monoisotopic (exact) mass is 414 g/mol. The summed E-state index contributed by atoms with van der Waals surface area (Å²) in [4.78, 5) is 33.8. The first-order valence-electron chi connectivity index (χ1n) is 9.78. The van der Waals surface area contributed by atoms with Crippen LogP contribution in [0.5, 0.6) is 0 Å². The molecular formula is C21H27FN6O2. The van der Waals surface area contributed by atoms with Gasteiger partial charge in [-0.3, -0.25) is 4.79 Å². The molecule has 0 saturated carbocycles. The molecule has 2 heterocycles. The number of nitrogens with zero attached hydrogens (tertiary/aromatic N) is 2. The Morgan fingerprint density at radius 1 is 1.30 bits per heavy atom. The van der Waals surface area contributed by atoms with Crippen LogP contribution in [0.3, 0.4) is 0 Å². The van der Waals surface area contributed by atoms with Crippen molar-refractivity contribution in [2.75, 3.05) is 18.4 Å². The Labute approximate surface area is 174 Å². The summed E-state index contributed by atoms with van der Waals surface area (Å²) in [5, 5.41) is 13.9. The second-order valence-corrected chi connectivity index (χ2v) is 8.56. The first-order valence-corrected chi connectivity index (χ1v) is 9.78. The summed E-state index contributed by atoms with van der Waals surface area (Å²) in [6.45, 7) is 8.57. The predicted octanol–water partition coefficient (Wildman–Crippen LogP) is 2.82. The fourth-order valence-corrected chi connectivity index (χ4v) is 3.19. The number of amides is 2. The molecule has 1 aromatic heterocycles. The smallest absolute Gasteiger partial charge is 0.317 e. The quantitative estimate of drug-likeness (QED) is 0.563. The van der Waals surface area contributed by atoms with E-state index < -0.39 is 0 Å². The van der Waals surface area contributed by atoms with Gasteiger partial charge in [0.1, 0.15) is 23.0 Å². The fourth-order valence-electron chi connectivity index (χ4n) is 3.19. The van der Waals surface area contributed by atoms with Crippen LogP contribution in [-0.4, -0.2) is 45.2 Å². The van der Waals surface area contributed by atoms with E-state index in [0.29, 0.717) is 31.3 Å². The van der Waals surface area contributed by atoms with Crippen molar-refractivity contribution in [3.05, 3.63) is 57.4 Å². The molecule has 1 aromatic carbocycles. The van der Waals surface area contributed by atoms with E-state index in [1.807, 2.05) is 20.8 Å². The maximum atomic E-state index is 13.0. The molecule has 2 aromatic rings. The van der Waals surface area contributed by atoms with E-state index in [1.165, 1.54) is 12.1 Å². The molecule has 0 aliphatic carbocycles. The van der Waals surface area contributed by atoms with Gasteiger partial charge in [0.05, 0.1) is 5.92 Å². The van der Waals surface area contributed by atoms with Crippen molar-refractivity contribution in [1.82, 2.24) is 20.2 Å². The maximum absolute atomic E-state index is 13.0. The molecule has 1 fully saturated rings. The third kappa shape index (κ3) is 5.03. The summed E-state index contributed by atoms with van der Waals surface area (Å²) in [5.41, 5.74) is 0.481. The molecule has 0 spiro atoms. The molecule has 8 nitrogen and oxygen atoms in total. The Bertz CT molecular complexity index is 1000. The number of H-pyrrole nitrogens is 1. The molecule has 1 aliphatic rings. The number of carbonyl (C=O) groups is 1. The zero-order valence-electron chi connectivity index (χ0n) is 17.6. The minimum atomic E-state index is -0.363. The molecule has 0 radical (unpaired) electrons. The zero-order chi connectivity index (χ0) is 22.1. The second-order valence-electron chi connectivity index (χ2n) is 8.56. The van der Waals surface area contributed by atoms with E-state index in [4.69, 9.17) is 5.41 Å². The number of carbonyl (C=O) groups excluding carboxylic acids is 1. The standard InChI is InChI=1S/C21H27FN6O2/c1-12(23)16-18(27-21(2,3)4)25-17(26-19(16)29)14-10-28(11-14)20(30)24-9-13-5-7-15(22)8-6-13/h5-8,14,23H,9-11H2,1-4H3,(H,24,30)(H2,25,26,27,29). The Balaban J connectivity index is 1.65. The van der Waals surface area contributed by atoms with Gasteiger partial charge in [0, 0.05) is 30.9 Å². The normalized spacial score (nSPS) is 14.2. The highest BCUT2D eigenvalue weighted by atomic mass is 19.1. The van der Waals surface area contributed by atoms with E-state index >= 15 is 0 Å². The number of anilines is 1. The first kappa shape index (κ1) is 21.5. The Morgan fingerprint density at radius 2 is 1.93 bits per heavy atom. The van der Waals surface area contributed by atoms with Gasteiger partial charge >= 0.3 is 6.03 Å². The largest absolute Gasteiger partial charge is 0.365 e. The third-order valence-electron chi connectivity index (χ3n) is 4.72. The number of likely N-dealkylation sites (tertiary alicyclic amines) is 1. The highest BCUT2D eigenvalue weighted by Crippen LogP contribution is 2.26. The number of hydrogen-bond donors (Lipinski definition) is 4. The molecule has 1 saturated heterocycles. The molecule has 2 amide bonds. The highest BCUT2D eigenvalue weighted by molar-refractivity contribution is 6.00. The molecule has 9 heteroatoms. The summed E-state index contributed by atoms with van der Waals surface area (Å²) in [6, 6.07) is 5.73. The van der Waals surface area contributed by atoms with Gasteiger partial charge in [0.15, 0.2) is 0 Å². The average molecular weight is 414 g/mol. The summed E-state index contributed by atoms with van der Waals surface area (Å²) >= 11 is 0.